The number of aromatic nitrogens is 3. The van der Waals surface area contributed by atoms with E-state index in [2.05, 4.69) is 30.9 Å². The summed E-state index contributed by atoms with van der Waals surface area (Å²) in [6.07, 6.45) is 3.53. The molecule has 108 valence electrons. The van der Waals surface area contributed by atoms with Crippen LogP contribution in [-0.2, 0) is 12.1 Å². The van der Waals surface area contributed by atoms with Gasteiger partial charge in [0.1, 0.15) is 24.1 Å². The van der Waals surface area contributed by atoms with Gasteiger partial charge in [-0.2, -0.15) is 5.10 Å². The third-order valence-electron chi connectivity index (χ3n) is 3.09. The second kappa shape index (κ2) is 5.32. The van der Waals surface area contributed by atoms with E-state index in [1.807, 2.05) is 0 Å². The third kappa shape index (κ3) is 3.63. The fourth-order valence-corrected chi connectivity index (χ4v) is 2.47. The van der Waals surface area contributed by atoms with Crippen molar-refractivity contribution in [3.8, 4) is 0 Å². The predicted octanol–water partition coefficient (Wildman–Crippen LogP) is 2.74. The zero-order valence-electron chi connectivity index (χ0n) is 12.0. The lowest BCUT2D eigenvalue weighted by Gasteiger charge is -2.34. The predicted molar refractivity (Wildman–Crippen MR) is 74.4 cm³/mol. The van der Waals surface area contributed by atoms with E-state index in [0.717, 1.165) is 0 Å². The number of halogens is 1. The Hall–Kier alpha value is -1.75. The maximum absolute atomic E-state index is 13.1. The topological polar surface area (TPSA) is 50.9 Å². The van der Waals surface area contributed by atoms with E-state index in [9.17, 15) is 9.50 Å². The van der Waals surface area contributed by atoms with Gasteiger partial charge in [0, 0.05) is 0 Å². The Kier molecular flexibility index (Phi) is 3.90. The molecule has 0 amide bonds. The minimum atomic E-state index is -1.11. The molecule has 0 fully saturated rings. The van der Waals surface area contributed by atoms with Crippen LogP contribution in [0.4, 0.5) is 4.39 Å². The second-order valence-electron chi connectivity index (χ2n) is 6.37. The average Bonchev–Trinajstić information content (AvgIpc) is 2.79. The zero-order chi connectivity index (χ0) is 14.8. The van der Waals surface area contributed by atoms with Crippen LogP contribution in [0.2, 0.25) is 0 Å². The average molecular weight is 277 g/mol. The summed E-state index contributed by atoms with van der Waals surface area (Å²) >= 11 is 0. The van der Waals surface area contributed by atoms with Crippen molar-refractivity contribution in [1.29, 1.82) is 0 Å². The van der Waals surface area contributed by atoms with E-state index in [1.165, 1.54) is 18.5 Å². The van der Waals surface area contributed by atoms with Gasteiger partial charge in [0.2, 0.25) is 0 Å². The van der Waals surface area contributed by atoms with Crippen LogP contribution in [0.1, 0.15) is 32.8 Å². The lowest BCUT2D eigenvalue weighted by molar-refractivity contribution is -0.0216. The molecule has 0 aliphatic heterocycles. The monoisotopic (exact) mass is 277 g/mol. The van der Waals surface area contributed by atoms with Crippen LogP contribution in [0, 0.1) is 11.2 Å². The number of hydrogen-bond acceptors (Lipinski definition) is 3. The molecule has 1 heterocycles. The molecule has 1 N–H and O–H groups in total. The van der Waals surface area contributed by atoms with Crippen molar-refractivity contribution in [2.75, 3.05) is 0 Å². The van der Waals surface area contributed by atoms with E-state index in [-0.39, 0.29) is 17.8 Å². The molecule has 0 spiro atoms. The van der Waals surface area contributed by atoms with E-state index in [1.54, 1.807) is 23.1 Å². The highest BCUT2D eigenvalue weighted by molar-refractivity contribution is 5.23. The fourth-order valence-electron chi connectivity index (χ4n) is 2.47. The molecule has 20 heavy (non-hydrogen) atoms. The summed E-state index contributed by atoms with van der Waals surface area (Å²) in [5, 5.41) is 15.1. The lowest BCUT2D eigenvalue weighted by atomic mass is 9.78. The van der Waals surface area contributed by atoms with Crippen LogP contribution in [-0.4, -0.2) is 19.9 Å². The Balaban J connectivity index is 2.34. The Bertz CT molecular complexity index is 545. The highest BCUT2D eigenvalue weighted by Gasteiger charge is 2.35. The van der Waals surface area contributed by atoms with Crippen molar-refractivity contribution >= 4 is 0 Å². The van der Waals surface area contributed by atoms with E-state index in [4.69, 9.17) is 0 Å². The van der Waals surface area contributed by atoms with Gasteiger partial charge in [0.15, 0.2) is 0 Å². The lowest BCUT2D eigenvalue weighted by Crippen LogP contribution is -2.36. The first-order chi connectivity index (χ1) is 9.28. The highest BCUT2D eigenvalue weighted by Crippen LogP contribution is 2.36. The number of nitrogens with zero attached hydrogens (tertiary/aromatic N) is 3. The zero-order valence-corrected chi connectivity index (χ0v) is 12.0. The van der Waals surface area contributed by atoms with Crippen LogP contribution >= 0.6 is 0 Å². The van der Waals surface area contributed by atoms with E-state index < -0.39 is 5.60 Å². The van der Waals surface area contributed by atoms with Gasteiger partial charge < -0.3 is 5.11 Å². The van der Waals surface area contributed by atoms with Gasteiger partial charge >= 0.3 is 0 Å². The van der Waals surface area contributed by atoms with Gasteiger partial charge in [-0.3, -0.25) is 0 Å². The fraction of sp³-hybridized carbons (Fsp3) is 0.467. The Labute approximate surface area is 118 Å². The number of aliphatic hydroxyl groups is 1. The first-order valence-electron chi connectivity index (χ1n) is 6.59. The number of hydrogen-bond donors (Lipinski definition) is 1. The molecule has 0 radical (unpaired) electrons. The molecular weight excluding hydrogens is 257 g/mol. The molecular formula is C15H20FN3O. The summed E-state index contributed by atoms with van der Waals surface area (Å²) in [6, 6.07) is 5.98. The van der Waals surface area contributed by atoms with Gasteiger partial charge in [0.25, 0.3) is 0 Å². The summed E-state index contributed by atoms with van der Waals surface area (Å²) in [5.74, 6) is -0.312. The molecule has 5 heteroatoms. The summed E-state index contributed by atoms with van der Waals surface area (Å²) in [7, 11) is 0. The second-order valence-corrected chi connectivity index (χ2v) is 6.37. The minimum Gasteiger partial charge on any atom is -0.383 e. The molecule has 0 saturated heterocycles. The van der Waals surface area contributed by atoms with Crippen LogP contribution in [0.25, 0.3) is 0 Å². The van der Waals surface area contributed by atoms with Crippen molar-refractivity contribution in [3.05, 3.63) is 48.3 Å². The summed E-state index contributed by atoms with van der Waals surface area (Å²) in [6.45, 7) is 6.46. The van der Waals surface area contributed by atoms with Crippen LogP contribution < -0.4 is 0 Å². The molecule has 1 unspecified atom stereocenters. The molecule has 2 rings (SSSR count). The number of rotatable bonds is 4. The van der Waals surface area contributed by atoms with Crippen molar-refractivity contribution < 1.29 is 9.50 Å². The minimum absolute atomic E-state index is 0.0796. The first kappa shape index (κ1) is 14.7. The maximum Gasteiger partial charge on any atom is 0.137 e. The largest absolute Gasteiger partial charge is 0.383 e. The molecule has 1 aromatic carbocycles. The smallest absolute Gasteiger partial charge is 0.137 e. The molecule has 2 aromatic rings. The molecule has 0 aliphatic carbocycles. The summed E-state index contributed by atoms with van der Waals surface area (Å²) in [5.41, 5.74) is -0.507. The van der Waals surface area contributed by atoms with E-state index in [0.29, 0.717) is 12.0 Å². The maximum atomic E-state index is 13.1. The van der Waals surface area contributed by atoms with Crippen molar-refractivity contribution in [2.45, 2.75) is 39.3 Å². The van der Waals surface area contributed by atoms with Crippen molar-refractivity contribution in [2.24, 2.45) is 5.41 Å². The highest BCUT2D eigenvalue weighted by atomic mass is 19.1. The Morgan fingerprint density at radius 3 is 2.35 bits per heavy atom. The van der Waals surface area contributed by atoms with Gasteiger partial charge in [-0.05, 0) is 29.5 Å². The Morgan fingerprint density at radius 2 is 1.85 bits per heavy atom. The standard InChI is InChI=1S/C15H20FN3O/c1-14(2,3)8-15(20,9-19-11-17-10-18-19)12-4-6-13(16)7-5-12/h4-7,10-11,20H,8-9H2,1-3H3. The molecule has 0 bridgehead atoms. The van der Waals surface area contributed by atoms with E-state index >= 15 is 0 Å². The SMILES string of the molecule is CC(C)(C)CC(O)(Cn1cncn1)c1ccc(F)cc1. The van der Waals surface area contributed by atoms with Crippen LogP contribution in [0.5, 0.6) is 0 Å². The molecule has 1 atom stereocenters. The summed E-state index contributed by atoms with van der Waals surface area (Å²) < 4.78 is 14.7. The van der Waals surface area contributed by atoms with Gasteiger partial charge in [-0.15, -0.1) is 0 Å². The normalized spacial score (nSPS) is 15.1. The van der Waals surface area contributed by atoms with Gasteiger partial charge in [0.05, 0.1) is 6.54 Å². The Morgan fingerprint density at radius 1 is 1.20 bits per heavy atom. The number of benzene rings is 1. The quantitative estimate of drug-likeness (QED) is 0.935. The first-order valence-corrected chi connectivity index (χ1v) is 6.59. The van der Waals surface area contributed by atoms with Crippen molar-refractivity contribution in [3.63, 3.8) is 0 Å². The van der Waals surface area contributed by atoms with Gasteiger partial charge in [-0.25, -0.2) is 14.1 Å². The molecule has 1 aromatic heterocycles. The van der Waals surface area contributed by atoms with Crippen LogP contribution in [0.15, 0.2) is 36.9 Å². The molecule has 0 saturated carbocycles. The molecule has 4 nitrogen and oxygen atoms in total. The van der Waals surface area contributed by atoms with Gasteiger partial charge in [-0.1, -0.05) is 32.9 Å². The summed E-state index contributed by atoms with van der Waals surface area (Å²) in [4.78, 5) is 3.89. The van der Waals surface area contributed by atoms with Crippen molar-refractivity contribution in [1.82, 2.24) is 14.8 Å². The van der Waals surface area contributed by atoms with Crippen LogP contribution in [0.3, 0.4) is 0 Å². The third-order valence-corrected chi connectivity index (χ3v) is 3.09. The molecule has 0 aliphatic rings.